The normalized spacial score (nSPS) is 9.69. The van der Waals surface area contributed by atoms with Crippen molar-refractivity contribution in [1.29, 1.82) is 5.26 Å². The number of nitrogens with two attached hydrogens (primary N) is 1. The molecule has 0 saturated carbocycles. The van der Waals surface area contributed by atoms with Crippen LogP contribution in [0.5, 0.6) is 0 Å². The van der Waals surface area contributed by atoms with Crippen LogP contribution in [0.25, 0.3) is 0 Å². The number of hydrogen-bond donors (Lipinski definition) is 1. The van der Waals surface area contributed by atoms with Crippen molar-refractivity contribution in [2.24, 2.45) is 0 Å². The molecule has 2 rings (SSSR count). The SMILES string of the molecule is N#Cc1ccncc1Sc1ccccc1N. The van der Waals surface area contributed by atoms with Gasteiger partial charge >= 0.3 is 0 Å². The highest BCUT2D eigenvalue weighted by Gasteiger charge is 2.05. The summed E-state index contributed by atoms with van der Waals surface area (Å²) in [6, 6.07) is 11.4. The van der Waals surface area contributed by atoms with E-state index in [4.69, 9.17) is 11.0 Å². The molecular weight excluding hydrogens is 218 g/mol. The monoisotopic (exact) mass is 227 g/mol. The molecule has 1 aromatic carbocycles. The summed E-state index contributed by atoms with van der Waals surface area (Å²) in [6.45, 7) is 0. The van der Waals surface area contributed by atoms with Crippen LogP contribution in [0.15, 0.2) is 52.5 Å². The minimum absolute atomic E-state index is 0.614. The zero-order valence-electron chi connectivity index (χ0n) is 8.42. The highest BCUT2D eigenvalue weighted by atomic mass is 32.2. The summed E-state index contributed by atoms with van der Waals surface area (Å²) in [5.41, 5.74) is 7.16. The topological polar surface area (TPSA) is 62.7 Å². The molecule has 0 bridgehead atoms. The molecular formula is C12H9N3S. The standard InChI is InChI=1S/C12H9N3S/c13-7-9-5-6-15-8-12(9)16-11-4-2-1-3-10(11)14/h1-6,8H,14H2. The molecule has 78 valence electrons. The summed E-state index contributed by atoms with van der Waals surface area (Å²) in [5, 5.41) is 8.94. The molecule has 0 radical (unpaired) electrons. The van der Waals surface area contributed by atoms with E-state index >= 15 is 0 Å². The van der Waals surface area contributed by atoms with E-state index in [1.807, 2.05) is 24.3 Å². The molecule has 4 heteroatoms. The fourth-order valence-corrected chi connectivity index (χ4v) is 2.15. The number of anilines is 1. The Hall–Kier alpha value is -1.99. The second kappa shape index (κ2) is 4.69. The number of nitrogens with zero attached hydrogens (tertiary/aromatic N) is 2. The molecule has 0 amide bonds. The zero-order valence-corrected chi connectivity index (χ0v) is 9.24. The Balaban J connectivity index is 2.35. The first kappa shape index (κ1) is 10.5. The van der Waals surface area contributed by atoms with Gasteiger partial charge in [-0.25, -0.2) is 0 Å². The number of nitrogen functional groups attached to an aromatic ring is 1. The molecule has 0 aliphatic rings. The van der Waals surface area contributed by atoms with E-state index in [1.165, 1.54) is 11.8 Å². The van der Waals surface area contributed by atoms with Crippen molar-refractivity contribution in [3.63, 3.8) is 0 Å². The molecule has 2 N–H and O–H groups in total. The molecule has 0 atom stereocenters. The Bertz CT molecular complexity index is 546. The number of hydrogen-bond acceptors (Lipinski definition) is 4. The van der Waals surface area contributed by atoms with Crippen LogP contribution in [0.4, 0.5) is 5.69 Å². The van der Waals surface area contributed by atoms with Gasteiger partial charge in [0.2, 0.25) is 0 Å². The predicted molar refractivity (Wildman–Crippen MR) is 63.9 cm³/mol. The maximum absolute atomic E-state index is 8.94. The Labute approximate surface area is 97.9 Å². The third-order valence-corrected chi connectivity index (χ3v) is 3.18. The highest BCUT2D eigenvalue weighted by molar-refractivity contribution is 7.99. The molecule has 0 unspecified atom stereocenters. The van der Waals surface area contributed by atoms with Crippen LogP contribution < -0.4 is 5.73 Å². The molecule has 0 saturated heterocycles. The summed E-state index contributed by atoms with van der Waals surface area (Å²) in [4.78, 5) is 5.77. The molecule has 1 aromatic heterocycles. The Kier molecular flexibility index (Phi) is 3.08. The summed E-state index contributed by atoms with van der Waals surface area (Å²) in [5.74, 6) is 0. The average Bonchev–Trinajstić information content (AvgIpc) is 2.33. The molecule has 16 heavy (non-hydrogen) atoms. The van der Waals surface area contributed by atoms with Gasteiger partial charge in [-0.1, -0.05) is 23.9 Å². The largest absolute Gasteiger partial charge is 0.398 e. The van der Waals surface area contributed by atoms with Gasteiger partial charge in [-0.2, -0.15) is 5.26 Å². The van der Waals surface area contributed by atoms with E-state index < -0.39 is 0 Å². The summed E-state index contributed by atoms with van der Waals surface area (Å²) < 4.78 is 0. The molecule has 0 aliphatic carbocycles. The maximum atomic E-state index is 8.94. The van der Waals surface area contributed by atoms with Gasteiger partial charge < -0.3 is 5.73 Å². The quantitative estimate of drug-likeness (QED) is 0.801. The average molecular weight is 227 g/mol. The van der Waals surface area contributed by atoms with Crippen LogP contribution in [0.2, 0.25) is 0 Å². The van der Waals surface area contributed by atoms with E-state index in [1.54, 1.807) is 18.5 Å². The first-order chi connectivity index (χ1) is 7.81. The number of aromatic nitrogens is 1. The van der Waals surface area contributed by atoms with Crippen LogP contribution >= 0.6 is 11.8 Å². The lowest BCUT2D eigenvalue weighted by Gasteiger charge is -2.05. The zero-order chi connectivity index (χ0) is 11.4. The smallest absolute Gasteiger partial charge is 0.100 e. The second-order valence-corrected chi connectivity index (χ2v) is 4.21. The number of rotatable bonds is 2. The van der Waals surface area contributed by atoms with Crippen molar-refractivity contribution in [3.8, 4) is 6.07 Å². The minimum atomic E-state index is 0.614. The lowest BCUT2D eigenvalue weighted by molar-refractivity contribution is 1.21. The van der Waals surface area contributed by atoms with Crippen molar-refractivity contribution in [2.45, 2.75) is 9.79 Å². The van der Waals surface area contributed by atoms with E-state index in [0.29, 0.717) is 11.3 Å². The van der Waals surface area contributed by atoms with E-state index in [9.17, 15) is 0 Å². The van der Waals surface area contributed by atoms with Crippen molar-refractivity contribution in [1.82, 2.24) is 4.98 Å². The Morgan fingerprint density at radius 2 is 2.00 bits per heavy atom. The van der Waals surface area contributed by atoms with Crippen molar-refractivity contribution in [3.05, 3.63) is 48.3 Å². The number of nitriles is 1. The summed E-state index contributed by atoms with van der Waals surface area (Å²) >= 11 is 1.46. The number of pyridine rings is 1. The molecule has 0 fully saturated rings. The first-order valence-electron chi connectivity index (χ1n) is 4.67. The predicted octanol–water partition coefficient (Wildman–Crippen LogP) is 2.69. The lowest BCUT2D eigenvalue weighted by atomic mass is 10.3. The first-order valence-corrected chi connectivity index (χ1v) is 5.49. The Morgan fingerprint density at radius 1 is 1.19 bits per heavy atom. The van der Waals surface area contributed by atoms with Crippen LogP contribution in [-0.4, -0.2) is 4.98 Å². The molecule has 1 heterocycles. The Morgan fingerprint density at radius 3 is 2.75 bits per heavy atom. The number of para-hydroxylation sites is 1. The lowest BCUT2D eigenvalue weighted by Crippen LogP contribution is -1.88. The summed E-state index contributed by atoms with van der Waals surface area (Å²) in [6.07, 6.45) is 3.28. The molecule has 0 aliphatic heterocycles. The fraction of sp³-hybridized carbons (Fsp3) is 0. The van der Waals surface area contributed by atoms with Crippen LogP contribution in [0.1, 0.15) is 5.56 Å². The second-order valence-electron chi connectivity index (χ2n) is 3.12. The third-order valence-electron chi connectivity index (χ3n) is 2.04. The van der Waals surface area contributed by atoms with Gasteiger partial charge in [0.05, 0.1) is 5.56 Å². The molecule has 3 nitrogen and oxygen atoms in total. The highest BCUT2D eigenvalue weighted by Crippen LogP contribution is 2.32. The van der Waals surface area contributed by atoms with Crippen LogP contribution in [0, 0.1) is 11.3 Å². The van der Waals surface area contributed by atoms with Gasteiger partial charge in [0.1, 0.15) is 6.07 Å². The molecule has 2 aromatic rings. The van der Waals surface area contributed by atoms with Gasteiger partial charge in [-0.3, -0.25) is 4.98 Å². The van der Waals surface area contributed by atoms with Gasteiger partial charge in [0.15, 0.2) is 0 Å². The van der Waals surface area contributed by atoms with Gasteiger partial charge in [-0.15, -0.1) is 0 Å². The van der Waals surface area contributed by atoms with Crippen molar-refractivity contribution in [2.75, 3.05) is 5.73 Å². The van der Waals surface area contributed by atoms with Crippen LogP contribution in [0.3, 0.4) is 0 Å². The van der Waals surface area contributed by atoms with E-state index in [-0.39, 0.29) is 0 Å². The van der Waals surface area contributed by atoms with Crippen molar-refractivity contribution < 1.29 is 0 Å². The number of benzene rings is 1. The van der Waals surface area contributed by atoms with Crippen molar-refractivity contribution >= 4 is 17.4 Å². The van der Waals surface area contributed by atoms with Crippen LogP contribution in [-0.2, 0) is 0 Å². The maximum Gasteiger partial charge on any atom is 0.100 e. The van der Waals surface area contributed by atoms with Gasteiger partial charge in [0, 0.05) is 27.9 Å². The van der Waals surface area contributed by atoms with Gasteiger partial charge in [0.25, 0.3) is 0 Å². The van der Waals surface area contributed by atoms with E-state index in [2.05, 4.69) is 11.1 Å². The fourth-order valence-electron chi connectivity index (χ4n) is 1.25. The minimum Gasteiger partial charge on any atom is -0.398 e. The van der Waals surface area contributed by atoms with Gasteiger partial charge in [-0.05, 0) is 18.2 Å². The van der Waals surface area contributed by atoms with E-state index in [0.717, 1.165) is 9.79 Å². The molecule has 0 spiro atoms. The summed E-state index contributed by atoms with van der Waals surface area (Å²) in [7, 11) is 0. The third kappa shape index (κ3) is 2.15.